The molecule has 1 aliphatic heterocycles. The maximum atomic E-state index is 14.0. The van der Waals surface area contributed by atoms with Crippen molar-refractivity contribution in [3.8, 4) is 23.0 Å². The van der Waals surface area contributed by atoms with Gasteiger partial charge in [0.25, 0.3) is 0 Å². The number of pyridine rings is 1. The number of benzene rings is 1. The predicted octanol–water partition coefficient (Wildman–Crippen LogP) is 4.32. The highest BCUT2D eigenvalue weighted by atomic mass is 19.1. The molecular weight excluding hydrogens is 527 g/mol. The van der Waals surface area contributed by atoms with Crippen LogP contribution in [0.2, 0.25) is 0 Å². The number of aromatic nitrogens is 5. The molecule has 0 bridgehead atoms. The summed E-state index contributed by atoms with van der Waals surface area (Å²) < 4.78 is 26.3. The number of halogens is 1. The molecule has 0 N–H and O–H groups in total. The summed E-state index contributed by atoms with van der Waals surface area (Å²) in [6.07, 6.45) is 4.72. The molecule has 10 nitrogen and oxygen atoms in total. The van der Waals surface area contributed by atoms with Gasteiger partial charge in [0.1, 0.15) is 11.9 Å². The van der Waals surface area contributed by atoms with Crippen molar-refractivity contribution in [2.24, 2.45) is 5.92 Å². The molecule has 214 valence electrons. The van der Waals surface area contributed by atoms with Gasteiger partial charge in [-0.05, 0) is 49.2 Å². The Morgan fingerprint density at radius 3 is 2.63 bits per heavy atom. The van der Waals surface area contributed by atoms with Crippen LogP contribution in [0.15, 0.2) is 61.1 Å². The highest BCUT2D eigenvalue weighted by Gasteiger charge is 2.37. The minimum Gasteiger partial charge on any atom is -0.464 e. The lowest BCUT2D eigenvalue weighted by molar-refractivity contribution is -0.155. The average molecular weight is 561 g/mol. The Morgan fingerprint density at radius 1 is 1.15 bits per heavy atom. The van der Waals surface area contributed by atoms with Crippen molar-refractivity contribution in [3.63, 3.8) is 0 Å². The van der Waals surface area contributed by atoms with Gasteiger partial charge < -0.3 is 9.47 Å². The first-order valence-electron chi connectivity index (χ1n) is 13.6. The minimum atomic E-state index is -0.584. The Balaban J connectivity index is 1.41. The van der Waals surface area contributed by atoms with Gasteiger partial charge in [-0.1, -0.05) is 18.2 Å². The maximum Gasteiger partial charge on any atom is 0.316 e. The lowest BCUT2D eigenvalue weighted by atomic mass is 9.91. The minimum absolute atomic E-state index is 0.0291. The van der Waals surface area contributed by atoms with E-state index in [4.69, 9.17) is 19.4 Å². The standard InChI is InChI=1S/C30H33FN6O4/c1-4-40-30-33-17-23(18-34-30)28-20(2)26(37(35-28)24-8-6-5-7-9-24)16-25(38)14-22-19-36(12-13-39-3)41-29(22)21-10-11-32-27(31)15-21/h5-11,15,17-18,22,29H,4,12-14,16,19H2,1-3H3/t22-,29+/m1/s1. The first kappa shape index (κ1) is 28.5. The summed E-state index contributed by atoms with van der Waals surface area (Å²) in [6.45, 7) is 5.84. The zero-order valence-corrected chi connectivity index (χ0v) is 23.4. The molecule has 1 aliphatic rings. The number of rotatable bonds is 12. The van der Waals surface area contributed by atoms with E-state index in [-0.39, 0.29) is 24.5 Å². The van der Waals surface area contributed by atoms with Crippen LogP contribution >= 0.6 is 0 Å². The van der Waals surface area contributed by atoms with E-state index < -0.39 is 12.1 Å². The SMILES string of the molecule is CCOc1ncc(-c2nn(-c3ccccc3)c(CC(=O)C[C@@H]3CN(CCOC)O[C@H]3c3ccnc(F)c3)c2C)cn1. The number of hydrogen-bond acceptors (Lipinski definition) is 9. The number of ketones is 1. The summed E-state index contributed by atoms with van der Waals surface area (Å²) in [7, 11) is 1.62. The van der Waals surface area contributed by atoms with Gasteiger partial charge in [-0.15, -0.1) is 0 Å². The van der Waals surface area contributed by atoms with Crippen molar-refractivity contribution in [3.05, 3.63) is 83.8 Å². The molecule has 4 aromatic rings. The predicted molar refractivity (Wildman–Crippen MR) is 149 cm³/mol. The van der Waals surface area contributed by atoms with E-state index in [2.05, 4.69) is 15.0 Å². The molecule has 0 aliphatic carbocycles. The van der Waals surface area contributed by atoms with Gasteiger partial charge in [0.05, 0.1) is 30.3 Å². The number of ether oxygens (including phenoxy) is 2. The molecule has 11 heteroatoms. The maximum absolute atomic E-state index is 14.0. The molecule has 0 spiro atoms. The lowest BCUT2D eigenvalue weighted by Crippen LogP contribution is -2.24. The Hall–Kier alpha value is -4.06. The first-order chi connectivity index (χ1) is 20.0. The Morgan fingerprint density at radius 2 is 1.93 bits per heavy atom. The largest absolute Gasteiger partial charge is 0.464 e. The summed E-state index contributed by atoms with van der Waals surface area (Å²) in [5, 5.41) is 6.66. The van der Waals surface area contributed by atoms with Gasteiger partial charge in [0, 0.05) is 63.1 Å². The van der Waals surface area contributed by atoms with E-state index in [0.29, 0.717) is 43.6 Å². The number of methoxy groups -OCH3 is 1. The van der Waals surface area contributed by atoms with Crippen LogP contribution in [-0.2, 0) is 20.8 Å². The van der Waals surface area contributed by atoms with Crippen LogP contribution in [0.5, 0.6) is 6.01 Å². The molecule has 4 heterocycles. The molecule has 0 saturated carbocycles. The van der Waals surface area contributed by atoms with Gasteiger partial charge >= 0.3 is 6.01 Å². The molecule has 3 aromatic heterocycles. The molecule has 1 fully saturated rings. The van der Waals surface area contributed by atoms with Crippen molar-refractivity contribution < 1.29 is 23.5 Å². The number of para-hydroxylation sites is 1. The number of carbonyl (C=O) groups excluding carboxylic acids is 1. The van der Waals surface area contributed by atoms with Crippen molar-refractivity contribution >= 4 is 5.78 Å². The normalized spacial score (nSPS) is 17.2. The molecule has 5 rings (SSSR count). The van der Waals surface area contributed by atoms with Crippen molar-refractivity contribution in [2.75, 3.05) is 33.4 Å². The van der Waals surface area contributed by atoms with Gasteiger partial charge in [-0.2, -0.15) is 14.6 Å². The van der Waals surface area contributed by atoms with E-state index in [9.17, 15) is 9.18 Å². The molecule has 1 saturated heterocycles. The molecule has 41 heavy (non-hydrogen) atoms. The molecule has 0 unspecified atom stereocenters. The van der Waals surface area contributed by atoms with Crippen LogP contribution < -0.4 is 4.74 Å². The number of hydrogen-bond donors (Lipinski definition) is 0. The quantitative estimate of drug-likeness (QED) is 0.234. The fraction of sp³-hybridized carbons (Fsp3) is 0.367. The number of nitrogens with zero attached hydrogens (tertiary/aromatic N) is 6. The van der Waals surface area contributed by atoms with E-state index >= 15 is 0 Å². The Kier molecular flexibility index (Phi) is 9.07. The number of carbonyl (C=O) groups is 1. The van der Waals surface area contributed by atoms with E-state index in [0.717, 1.165) is 22.5 Å². The monoisotopic (exact) mass is 560 g/mol. The highest BCUT2D eigenvalue weighted by Crippen LogP contribution is 2.37. The van der Waals surface area contributed by atoms with Crippen molar-refractivity contribution in [1.82, 2.24) is 29.8 Å². The summed E-state index contributed by atoms with van der Waals surface area (Å²) in [4.78, 5) is 32.0. The smallest absolute Gasteiger partial charge is 0.316 e. The third-order valence-corrected chi connectivity index (χ3v) is 7.03. The summed E-state index contributed by atoms with van der Waals surface area (Å²) >= 11 is 0. The zero-order valence-electron chi connectivity index (χ0n) is 23.4. The van der Waals surface area contributed by atoms with Crippen LogP contribution in [0.3, 0.4) is 0 Å². The fourth-order valence-electron chi connectivity index (χ4n) is 5.07. The van der Waals surface area contributed by atoms with Crippen LogP contribution in [0, 0.1) is 18.8 Å². The average Bonchev–Trinajstić information content (AvgIpc) is 3.53. The Bertz CT molecular complexity index is 1460. The fourth-order valence-corrected chi connectivity index (χ4v) is 5.07. The van der Waals surface area contributed by atoms with Crippen LogP contribution in [0.4, 0.5) is 4.39 Å². The second-order valence-corrected chi connectivity index (χ2v) is 9.85. The molecule has 0 radical (unpaired) electrons. The molecule has 0 amide bonds. The highest BCUT2D eigenvalue weighted by molar-refractivity contribution is 5.82. The Labute approximate surface area is 238 Å². The van der Waals surface area contributed by atoms with Crippen molar-refractivity contribution in [2.45, 2.75) is 32.8 Å². The van der Waals surface area contributed by atoms with E-state index in [1.807, 2.05) is 48.9 Å². The third kappa shape index (κ3) is 6.64. The van der Waals surface area contributed by atoms with Crippen LogP contribution in [0.25, 0.3) is 16.9 Å². The first-order valence-corrected chi connectivity index (χ1v) is 13.6. The summed E-state index contributed by atoms with van der Waals surface area (Å²) in [6, 6.07) is 13.1. The zero-order chi connectivity index (χ0) is 28.8. The van der Waals surface area contributed by atoms with Crippen molar-refractivity contribution in [1.29, 1.82) is 0 Å². The number of Topliss-reactive ketones (excluding diaryl/α,β-unsaturated/α-hetero) is 1. The number of hydroxylamine groups is 2. The van der Waals surface area contributed by atoms with E-state index in [1.165, 1.54) is 12.3 Å². The summed E-state index contributed by atoms with van der Waals surface area (Å²) in [5.74, 6) is -0.727. The van der Waals surface area contributed by atoms with Gasteiger partial charge in [0.2, 0.25) is 5.95 Å². The molecular formula is C30H33FN6O4. The second-order valence-electron chi connectivity index (χ2n) is 9.85. The molecule has 1 aromatic carbocycles. The van der Waals surface area contributed by atoms with Gasteiger partial charge in [-0.25, -0.2) is 19.6 Å². The topological polar surface area (TPSA) is 104 Å². The lowest BCUT2D eigenvalue weighted by Gasteiger charge is -2.17. The molecule has 2 atom stereocenters. The summed E-state index contributed by atoms with van der Waals surface area (Å²) in [5.41, 5.74) is 4.57. The van der Waals surface area contributed by atoms with Crippen LogP contribution in [-0.4, -0.2) is 69.0 Å². The van der Waals surface area contributed by atoms with Gasteiger partial charge in [-0.3, -0.25) is 9.63 Å². The third-order valence-electron chi connectivity index (χ3n) is 7.03. The second kappa shape index (κ2) is 13.1. The van der Waals surface area contributed by atoms with E-state index in [1.54, 1.807) is 30.6 Å². The van der Waals surface area contributed by atoms with Crippen LogP contribution in [0.1, 0.15) is 36.3 Å². The van der Waals surface area contributed by atoms with Gasteiger partial charge in [0.15, 0.2) is 0 Å².